The number of piperidine rings is 2. The molecule has 2 aromatic rings. The fraction of sp³-hybridized carbons (Fsp3) is 0.500. The molecule has 0 bridgehead atoms. The van der Waals surface area contributed by atoms with Crippen molar-refractivity contribution in [3.8, 4) is 11.5 Å². The van der Waals surface area contributed by atoms with Crippen LogP contribution in [0.5, 0.6) is 11.5 Å². The van der Waals surface area contributed by atoms with Crippen molar-refractivity contribution < 1.29 is 21.6 Å². The molecule has 0 N–H and O–H groups in total. The Kier molecular flexibility index (Phi) is 7.14. The molecular weight excluding hydrogens is 460 g/mol. The highest BCUT2D eigenvalue weighted by Gasteiger charge is 2.29. The number of benzene rings is 2. The van der Waals surface area contributed by atoms with Crippen molar-refractivity contribution >= 4 is 20.0 Å². The van der Waals surface area contributed by atoms with Crippen molar-refractivity contribution in [1.29, 1.82) is 0 Å². The van der Waals surface area contributed by atoms with Crippen molar-refractivity contribution in [3.63, 3.8) is 0 Å². The molecule has 2 aliphatic rings. The third kappa shape index (κ3) is 5.42. The molecule has 0 aliphatic carbocycles. The van der Waals surface area contributed by atoms with Crippen LogP contribution in [0.3, 0.4) is 0 Å². The van der Waals surface area contributed by atoms with Crippen LogP contribution in [0.25, 0.3) is 0 Å². The Morgan fingerprint density at radius 1 is 0.667 bits per heavy atom. The second kappa shape index (κ2) is 9.74. The van der Waals surface area contributed by atoms with Crippen molar-refractivity contribution in [3.05, 3.63) is 48.5 Å². The molecule has 7 nitrogen and oxygen atoms in total. The van der Waals surface area contributed by atoms with Gasteiger partial charge in [0.15, 0.2) is 0 Å². The van der Waals surface area contributed by atoms with Gasteiger partial charge in [-0.05, 0) is 86.1 Å². The topological polar surface area (TPSA) is 84.0 Å². The monoisotopic (exact) mass is 492 g/mol. The zero-order chi connectivity index (χ0) is 23.6. The van der Waals surface area contributed by atoms with Gasteiger partial charge in [0.2, 0.25) is 20.0 Å². The first kappa shape index (κ1) is 24.2. The minimum Gasteiger partial charge on any atom is -0.457 e. The Bertz CT molecular complexity index is 1070. The van der Waals surface area contributed by atoms with Crippen LogP contribution in [0, 0.1) is 11.8 Å². The summed E-state index contributed by atoms with van der Waals surface area (Å²) < 4.78 is 60.6. The first-order valence-corrected chi connectivity index (χ1v) is 14.4. The van der Waals surface area contributed by atoms with Gasteiger partial charge in [0.1, 0.15) is 11.5 Å². The van der Waals surface area contributed by atoms with Gasteiger partial charge in [0.05, 0.1) is 9.79 Å². The molecule has 2 saturated heterocycles. The maximum Gasteiger partial charge on any atom is 0.243 e. The Morgan fingerprint density at radius 2 is 1.03 bits per heavy atom. The van der Waals surface area contributed by atoms with Gasteiger partial charge < -0.3 is 4.74 Å². The summed E-state index contributed by atoms with van der Waals surface area (Å²) in [5, 5.41) is 0. The predicted molar refractivity (Wildman–Crippen MR) is 127 cm³/mol. The minimum atomic E-state index is -3.51. The summed E-state index contributed by atoms with van der Waals surface area (Å²) in [6.07, 6.45) is 3.86. The van der Waals surface area contributed by atoms with Crippen LogP contribution >= 0.6 is 0 Å². The molecule has 0 radical (unpaired) electrons. The van der Waals surface area contributed by atoms with Gasteiger partial charge >= 0.3 is 0 Å². The molecule has 0 aromatic heterocycles. The zero-order valence-corrected chi connectivity index (χ0v) is 20.8. The number of sulfonamides is 2. The van der Waals surface area contributed by atoms with Crippen molar-refractivity contribution in [2.75, 3.05) is 26.2 Å². The molecular formula is C24H32N2O5S2. The van der Waals surface area contributed by atoms with E-state index in [1.165, 1.54) is 0 Å². The molecule has 180 valence electrons. The molecule has 0 unspecified atom stereocenters. The molecule has 2 aliphatic heterocycles. The number of ether oxygens (including phenoxy) is 1. The van der Waals surface area contributed by atoms with E-state index in [1.807, 2.05) is 0 Å². The minimum absolute atomic E-state index is 0.251. The second-order valence-electron chi connectivity index (χ2n) is 9.27. The predicted octanol–water partition coefficient (Wildman–Crippen LogP) is 4.32. The van der Waals surface area contributed by atoms with Gasteiger partial charge in [-0.3, -0.25) is 0 Å². The SMILES string of the molecule is C[C@@H]1CCCN(S(=O)(=O)c2ccc(Oc3ccc(S(=O)(=O)N4CCC[C@H](C)C4)cc3)cc2)C1. The lowest BCUT2D eigenvalue weighted by Gasteiger charge is -2.30. The molecule has 2 atom stereocenters. The van der Waals surface area contributed by atoms with Gasteiger partial charge in [-0.25, -0.2) is 16.8 Å². The largest absolute Gasteiger partial charge is 0.457 e. The first-order valence-electron chi connectivity index (χ1n) is 11.5. The van der Waals surface area contributed by atoms with Crippen LogP contribution < -0.4 is 4.74 Å². The summed E-state index contributed by atoms with van der Waals surface area (Å²) in [6, 6.07) is 12.7. The summed E-state index contributed by atoms with van der Waals surface area (Å²) in [7, 11) is -7.03. The van der Waals surface area contributed by atoms with Crippen molar-refractivity contribution in [2.45, 2.75) is 49.3 Å². The molecule has 4 rings (SSSR count). The average Bonchev–Trinajstić information content (AvgIpc) is 2.80. The molecule has 2 heterocycles. The zero-order valence-electron chi connectivity index (χ0n) is 19.2. The van der Waals surface area contributed by atoms with E-state index in [4.69, 9.17) is 4.74 Å². The van der Waals surface area contributed by atoms with Crippen LogP contribution in [0.15, 0.2) is 58.3 Å². The lowest BCUT2D eigenvalue weighted by atomic mass is 10.0. The lowest BCUT2D eigenvalue weighted by molar-refractivity contribution is 0.281. The van der Waals surface area contributed by atoms with Crippen molar-refractivity contribution in [2.24, 2.45) is 11.8 Å². The number of hydrogen-bond acceptors (Lipinski definition) is 5. The molecule has 2 aromatic carbocycles. The van der Waals surface area contributed by atoms with Crippen LogP contribution in [-0.2, 0) is 20.0 Å². The summed E-state index contributed by atoms with van der Waals surface area (Å²) in [6.45, 7) is 6.34. The van der Waals surface area contributed by atoms with Gasteiger partial charge in [0, 0.05) is 26.2 Å². The molecule has 9 heteroatoms. The number of rotatable bonds is 6. The normalized spacial score (nSPS) is 23.3. The quantitative estimate of drug-likeness (QED) is 0.600. The molecule has 0 saturated carbocycles. The maximum atomic E-state index is 12.9. The van der Waals surface area contributed by atoms with Crippen LogP contribution in [-0.4, -0.2) is 51.6 Å². The highest BCUT2D eigenvalue weighted by atomic mass is 32.2. The number of nitrogens with zero attached hydrogens (tertiary/aromatic N) is 2. The fourth-order valence-corrected chi connectivity index (χ4v) is 7.72. The lowest BCUT2D eigenvalue weighted by Crippen LogP contribution is -2.39. The Labute approximate surface area is 197 Å². The van der Waals surface area contributed by atoms with E-state index in [0.29, 0.717) is 49.5 Å². The third-order valence-corrected chi connectivity index (χ3v) is 10.2. The van der Waals surface area contributed by atoms with Crippen LogP contribution in [0.1, 0.15) is 39.5 Å². The molecule has 33 heavy (non-hydrogen) atoms. The summed E-state index contributed by atoms with van der Waals surface area (Å²) >= 11 is 0. The Morgan fingerprint density at radius 3 is 1.36 bits per heavy atom. The fourth-order valence-electron chi connectivity index (χ4n) is 4.52. The van der Waals surface area contributed by atoms with E-state index in [-0.39, 0.29) is 9.79 Å². The van der Waals surface area contributed by atoms with Crippen LogP contribution in [0.2, 0.25) is 0 Å². The van der Waals surface area contributed by atoms with Crippen molar-refractivity contribution in [1.82, 2.24) is 8.61 Å². The van der Waals surface area contributed by atoms with Gasteiger partial charge in [-0.1, -0.05) is 13.8 Å². The van der Waals surface area contributed by atoms with E-state index in [9.17, 15) is 16.8 Å². The molecule has 0 amide bonds. The molecule has 2 fully saturated rings. The van der Waals surface area contributed by atoms with Crippen LogP contribution in [0.4, 0.5) is 0 Å². The first-order chi connectivity index (χ1) is 15.7. The number of hydrogen-bond donors (Lipinski definition) is 0. The van der Waals surface area contributed by atoms with Gasteiger partial charge in [-0.15, -0.1) is 0 Å². The summed E-state index contributed by atoms with van der Waals surface area (Å²) in [5.74, 6) is 1.70. The smallest absolute Gasteiger partial charge is 0.243 e. The summed E-state index contributed by atoms with van der Waals surface area (Å²) in [5.41, 5.74) is 0. The van der Waals surface area contributed by atoms with Gasteiger partial charge in [0.25, 0.3) is 0 Å². The van der Waals surface area contributed by atoms with E-state index < -0.39 is 20.0 Å². The molecule has 0 spiro atoms. The average molecular weight is 493 g/mol. The van der Waals surface area contributed by atoms with E-state index in [1.54, 1.807) is 57.1 Å². The maximum absolute atomic E-state index is 12.9. The summed E-state index contributed by atoms with van der Waals surface area (Å²) in [4.78, 5) is 0.502. The Balaban J connectivity index is 1.43. The van der Waals surface area contributed by atoms with E-state index in [0.717, 1.165) is 25.7 Å². The van der Waals surface area contributed by atoms with Gasteiger partial charge in [-0.2, -0.15) is 8.61 Å². The Hall–Kier alpha value is -1.94. The second-order valence-corrected chi connectivity index (χ2v) is 13.1. The van der Waals surface area contributed by atoms with E-state index >= 15 is 0 Å². The highest BCUT2D eigenvalue weighted by molar-refractivity contribution is 7.89. The van der Waals surface area contributed by atoms with E-state index in [2.05, 4.69) is 13.8 Å². The third-order valence-electron chi connectivity index (χ3n) is 6.40. The highest BCUT2D eigenvalue weighted by Crippen LogP contribution is 2.29. The standard InChI is InChI=1S/C24H32N2O5S2/c1-19-5-3-15-25(17-19)32(27,28)23-11-7-21(8-12-23)31-22-9-13-24(14-10-22)33(29,30)26-16-4-6-20(2)18-26/h7-14,19-20H,3-6,15-18H2,1-2H3/t19-,20+.